The molecule has 1 amide bonds. The van der Waals surface area contributed by atoms with Crippen molar-refractivity contribution in [3.63, 3.8) is 0 Å². The summed E-state index contributed by atoms with van der Waals surface area (Å²) in [4.78, 5) is 34.9. The van der Waals surface area contributed by atoms with Gasteiger partial charge in [0, 0.05) is 76.8 Å². The van der Waals surface area contributed by atoms with E-state index in [1.165, 1.54) is 0 Å². The van der Waals surface area contributed by atoms with Crippen LogP contribution >= 0.6 is 11.8 Å². The zero-order valence-corrected chi connectivity index (χ0v) is 26.9. The van der Waals surface area contributed by atoms with Crippen LogP contribution in [0.25, 0.3) is 6.08 Å². The molecule has 3 aromatic rings. The predicted molar refractivity (Wildman–Crippen MR) is 174 cm³/mol. The fraction of sp³-hybridized carbons (Fsp3) is 0.371. The number of nitrogens with zero attached hydrogens (tertiary/aromatic N) is 2. The Morgan fingerprint density at radius 1 is 0.911 bits per heavy atom. The molecule has 10 heteroatoms. The van der Waals surface area contributed by atoms with Gasteiger partial charge in [0.1, 0.15) is 28.5 Å². The molecule has 9 nitrogen and oxygen atoms in total. The van der Waals surface area contributed by atoms with Crippen LogP contribution < -0.4 is 24.3 Å². The molecule has 0 bridgehead atoms. The van der Waals surface area contributed by atoms with Crippen LogP contribution in [0.4, 0.5) is 5.69 Å². The number of amides is 1. The van der Waals surface area contributed by atoms with Crippen LogP contribution in [0.5, 0.6) is 23.0 Å². The van der Waals surface area contributed by atoms with Crippen LogP contribution in [0.3, 0.4) is 0 Å². The molecule has 7 rings (SSSR count). The number of benzene rings is 3. The molecule has 1 N–H and O–H groups in total. The van der Waals surface area contributed by atoms with Crippen molar-refractivity contribution in [2.45, 2.75) is 17.5 Å². The van der Waals surface area contributed by atoms with Crippen LogP contribution in [0.15, 0.2) is 66.2 Å². The first-order valence-corrected chi connectivity index (χ1v) is 16.1. The summed E-state index contributed by atoms with van der Waals surface area (Å²) in [5.41, 5.74) is 1.47. The summed E-state index contributed by atoms with van der Waals surface area (Å²) >= 11 is 1.80. The maximum atomic E-state index is 15.6. The monoisotopic (exact) mass is 627 g/mol. The molecule has 4 heterocycles. The number of piperidine rings is 1. The van der Waals surface area contributed by atoms with Gasteiger partial charge in [-0.2, -0.15) is 0 Å². The van der Waals surface area contributed by atoms with Gasteiger partial charge in [0.15, 0.2) is 5.78 Å². The van der Waals surface area contributed by atoms with Crippen LogP contribution in [0, 0.1) is 5.41 Å². The van der Waals surface area contributed by atoms with E-state index in [0.29, 0.717) is 47.5 Å². The van der Waals surface area contributed by atoms with Gasteiger partial charge in [-0.05, 0) is 37.4 Å². The number of likely N-dealkylation sites (tertiary alicyclic amines) is 1. The lowest BCUT2D eigenvalue weighted by Crippen LogP contribution is -2.65. The molecule has 0 aliphatic carbocycles. The van der Waals surface area contributed by atoms with E-state index in [0.717, 1.165) is 28.1 Å². The topological polar surface area (TPSA) is 89.6 Å². The van der Waals surface area contributed by atoms with Crippen molar-refractivity contribution in [2.24, 2.45) is 5.41 Å². The van der Waals surface area contributed by atoms with Crippen molar-refractivity contribution in [3.8, 4) is 23.0 Å². The van der Waals surface area contributed by atoms with Crippen molar-refractivity contribution in [2.75, 3.05) is 65.5 Å². The molecule has 4 aliphatic rings. The van der Waals surface area contributed by atoms with Gasteiger partial charge < -0.3 is 29.2 Å². The van der Waals surface area contributed by atoms with Gasteiger partial charge >= 0.3 is 0 Å². The largest absolute Gasteiger partial charge is 0.497 e. The van der Waals surface area contributed by atoms with Gasteiger partial charge in [-0.25, -0.2) is 0 Å². The molecule has 0 unspecified atom stereocenters. The van der Waals surface area contributed by atoms with Gasteiger partial charge in [0.05, 0.1) is 33.9 Å². The molecule has 45 heavy (non-hydrogen) atoms. The first-order valence-electron chi connectivity index (χ1n) is 15.0. The lowest BCUT2D eigenvalue weighted by Gasteiger charge is -2.51. The molecule has 0 aromatic heterocycles. The average Bonchev–Trinajstić information content (AvgIpc) is 3.71. The minimum absolute atomic E-state index is 0.0346. The van der Waals surface area contributed by atoms with Crippen molar-refractivity contribution in [1.82, 2.24) is 9.80 Å². The molecule has 3 saturated heterocycles. The minimum atomic E-state index is -1.23. The zero-order valence-electron chi connectivity index (χ0n) is 26.1. The molecule has 3 aromatic carbocycles. The summed E-state index contributed by atoms with van der Waals surface area (Å²) < 4.78 is 22.7. The Balaban J connectivity index is 1.52. The fourth-order valence-corrected chi connectivity index (χ4v) is 9.67. The van der Waals surface area contributed by atoms with Crippen LogP contribution in [-0.4, -0.2) is 87.7 Å². The lowest BCUT2D eigenvalue weighted by atomic mass is 9.55. The van der Waals surface area contributed by atoms with Crippen molar-refractivity contribution in [1.29, 1.82) is 0 Å². The summed E-state index contributed by atoms with van der Waals surface area (Å²) in [6, 6.07) is 19.1. The van der Waals surface area contributed by atoms with Gasteiger partial charge in [0.2, 0.25) is 0 Å². The molecule has 234 valence electrons. The highest BCUT2D eigenvalue weighted by molar-refractivity contribution is 7.99. The SMILES string of the molecule is COc1ccc(/C=C2\CN(C)C[C@@]3(C2=O)[C@@H](c2ccc(OC)cc2OC)[C@@H]2CSCN2[C@@]32C(=O)Nc3ccccc32)c(OC)c1. The van der Waals surface area contributed by atoms with E-state index in [1.807, 2.05) is 73.8 Å². The number of thioether (sulfide) groups is 1. The lowest BCUT2D eigenvalue weighted by molar-refractivity contribution is -0.146. The number of rotatable bonds is 6. The van der Waals surface area contributed by atoms with Gasteiger partial charge in [-0.3, -0.25) is 14.5 Å². The van der Waals surface area contributed by atoms with Crippen molar-refractivity contribution >= 4 is 35.2 Å². The Hall–Kier alpha value is -3.99. The molecule has 2 spiro atoms. The number of ketones is 1. The number of hydrogen-bond donors (Lipinski definition) is 1. The average molecular weight is 628 g/mol. The Morgan fingerprint density at radius 3 is 2.36 bits per heavy atom. The van der Waals surface area contributed by atoms with E-state index in [4.69, 9.17) is 18.9 Å². The van der Waals surface area contributed by atoms with E-state index in [2.05, 4.69) is 15.1 Å². The van der Waals surface area contributed by atoms with Crippen molar-refractivity contribution < 1.29 is 28.5 Å². The molecule has 0 saturated carbocycles. The van der Waals surface area contributed by atoms with Crippen LogP contribution in [-0.2, 0) is 15.1 Å². The third-order valence-corrected chi connectivity index (χ3v) is 11.0. The number of ether oxygens (including phenoxy) is 4. The second-order valence-corrected chi connectivity index (χ2v) is 13.1. The number of likely N-dealkylation sites (N-methyl/N-ethyl adjacent to an activating group) is 1. The van der Waals surface area contributed by atoms with E-state index in [9.17, 15) is 4.79 Å². The van der Waals surface area contributed by atoms with Gasteiger partial charge in [0.25, 0.3) is 5.91 Å². The number of carbonyl (C=O) groups is 2. The number of fused-ring (bicyclic) bond motifs is 5. The Labute approximate surface area is 267 Å². The summed E-state index contributed by atoms with van der Waals surface area (Å²) in [6.45, 7) is 0.823. The summed E-state index contributed by atoms with van der Waals surface area (Å²) in [7, 11) is 8.51. The molecular formula is C35H37N3O6S. The highest BCUT2D eigenvalue weighted by atomic mass is 32.2. The molecule has 0 radical (unpaired) electrons. The number of Topliss-reactive ketones (excluding diaryl/α,β-unsaturated/α-hetero) is 1. The smallest absolute Gasteiger partial charge is 0.250 e. The first kappa shape index (κ1) is 29.7. The maximum absolute atomic E-state index is 15.6. The highest BCUT2D eigenvalue weighted by Crippen LogP contribution is 2.69. The quantitative estimate of drug-likeness (QED) is 0.393. The summed E-state index contributed by atoms with van der Waals surface area (Å²) in [5, 5.41) is 3.20. The van der Waals surface area contributed by atoms with Crippen LogP contribution in [0.1, 0.15) is 22.6 Å². The van der Waals surface area contributed by atoms with E-state index in [1.54, 1.807) is 40.2 Å². The van der Waals surface area contributed by atoms with E-state index < -0.39 is 11.0 Å². The van der Waals surface area contributed by atoms with E-state index >= 15 is 4.79 Å². The Morgan fingerprint density at radius 2 is 1.62 bits per heavy atom. The summed E-state index contributed by atoms with van der Waals surface area (Å²) in [6.07, 6.45) is 1.92. The second kappa shape index (κ2) is 11.1. The summed E-state index contributed by atoms with van der Waals surface area (Å²) in [5.74, 6) is 3.43. The number of methoxy groups -OCH3 is 4. The number of anilines is 1. The minimum Gasteiger partial charge on any atom is -0.497 e. The molecule has 4 aliphatic heterocycles. The number of para-hydroxylation sites is 1. The number of nitrogens with one attached hydrogen (secondary N) is 1. The second-order valence-electron chi connectivity index (χ2n) is 12.1. The highest BCUT2D eigenvalue weighted by Gasteiger charge is 2.78. The Bertz CT molecular complexity index is 1730. The third kappa shape index (κ3) is 4.08. The van der Waals surface area contributed by atoms with Crippen LogP contribution in [0.2, 0.25) is 0 Å². The van der Waals surface area contributed by atoms with Crippen molar-refractivity contribution in [3.05, 3.63) is 82.9 Å². The van der Waals surface area contributed by atoms with Gasteiger partial charge in [-0.15, -0.1) is 11.8 Å². The first-order chi connectivity index (χ1) is 21.8. The number of carbonyl (C=O) groups excluding carboxylic acids is 2. The van der Waals surface area contributed by atoms with E-state index in [-0.39, 0.29) is 23.7 Å². The zero-order chi connectivity index (χ0) is 31.5. The molecule has 4 atom stereocenters. The Kier molecular flexibility index (Phi) is 7.34. The maximum Gasteiger partial charge on any atom is 0.250 e. The number of hydrogen-bond acceptors (Lipinski definition) is 9. The fourth-order valence-electron chi connectivity index (χ4n) is 8.37. The predicted octanol–water partition coefficient (Wildman–Crippen LogP) is 4.63. The normalized spacial score (nSPS) is 28.4. The standard InChI is InChI=1S/C35H37N3O6S/c1-37-17-22(14-21-10-11-23(41-2)15-29(21)43-4)32(39)34(19-37)31(25-13-12-24(42-3)16-30(25)44-5)28-18-45-20-38(28)35(34)26-8-6-7-9-27(26)36-33(35)40/h6-16,28,31H,17-20H2,1-5H3,(H,36,40)/b22-14+/t28-,31-,34-,35-/m0/s1. The molecular weight excluding hydrogens is 590 g/mol. The van der Waals surface area contributed by atoms with Gasteiger partial charge in [-0.1, -0.05) is 24.3 Å². The molecule has 3 fully saturated rings. The third-order valence-electron chi connectivity index (χ3n) is 10.0.